The predicted molar refractivity (Wildman–Crippen MR) is 42.5 cm³/mol. The van der Waals surface area contributed by atoms with Crippen molar-refractivity contribution < 1.29 is 26.7 Å². The average molecular weight is 227 g/mol. The highest BCUT2D eigenvalue weighted by atomic mass is 19.4. The summed E-state index contributed by atoms with van der Waals surface area (Å²) >= 11 is 0. The Morgan fingerprint density at radius 1 is 1.20 bits per heavy atom. The molecule has 0 heterocycles. The third kappa shape index (κ3) is 2.97. The molecular formula is C8H6F5NO. The largest absolute Gasteiger partial charge is 0.433 e. The number of nitrogen functional groups attached to an aromatic ring is 1. The Labute approximate surface area is 81.4 Å². The number of hydrogen-bond acceptors (Lipinski definition) is 2. The molecule has 7 heteroatoms. The van der Waals surface area contributed by atoms with E-state index in [4.69, 9.17) is 5.73 Å². The molecule has 84 valence electrons. The Morgan fingerprint density at radius 2 is 1.80 bits per heavy atom. The molecule has 0 saturated heterocycles. The van der Waals surface area contributed by atoms with Crippen LogP contribution >= 0.6 is 0 Å². The van der Waals surface area contributed by atoms with Crippen LogP contribution in [-0.2, 0) is 6.18 Å². The van der Waals surface area contributed by atoms with Crippen LogP contribution in [-0.4, -0.2) is 6.61 Å². The summed E-state index contributed by atoms with van der Waals surface area (Å²) in [6.07, 6.45) is -4.56. The highest BCUT2D eigenvalue weighted by Gasteiger charge is 2.31. The first kappa shape index (κ1) is 11.5. The van der Waals surface area contributed by atoms with E-state index >= 15 is 0 Å². The molecule has 0 aliphatic carbocycles. The second-order valence-corrected chi connectivity index (χ2v) is 2.63. The molecule has 0 atom stereocenters. The van der Waals surface area contributed by atoms with E-state index in [1.165, 1.54) is 0 Å². The third-order valence-electron chi connectivity index (χ3n) is 1.55. The Balaban J connectivity index is 2.98. The van der Waals surface area contributed by atoms with Gasteiger partial charge in [0.2, 0.25) is 0 Å². The zero-order valence-electron chi connectivity index (χ0n) is 7.18. The Bertz CT molecular complexity index is 349. The summed E-state index contributed by atoms with van der Waals surface area (Å²) in [5, 5.41) is 0. The van der Waals surface area contributed by atoms with E-state index in [1.54, 1.807) is 0 Å². The van der Waals surface area contributed by atoms with Gasteiger partial charge < -0.3 is 10.5 Å². The molecule has 0 unspecified atom stereocenters. The Hall–Kier alpha value is -1.53. The zero-order valence-corrected chi connectivity index (χ0v) is 7.18. The smallest absolute Gasteiger partial charge is 0.416 e. The standard InChI is InChI=1S/C8H6F5NO/c9-7(10)15-6-2-1-4(3-5(6)14)8(11,12)13/h1-3,7H,14H2. The highest BCUT2D eigenvalue weighted by Crippen LogP contribution is 2.33. The minimum absolute atomic E-state index is 0.474. The Kier molecular flexibility index (Phi) is 3.01. The van der Waals surface area contributed by atoms with Gasteiger partial charge in [-0.25, -0.2) is 0 Å². The molecule has 0 aliphatic heterocycles. The fraction of sp³-hybridized carbons (Fsp3) is 0.250. The van der Waals surface area contributed by atoms with Crippen LogP contribution in [0.2, 0.25) is 0 Å². The maximum Gasteiger partial charge on any atom is 0.416 e. The van der Waals surface area contributed by atoms with Crippen molar-refractivity contribution in [2.75, 3.05) is 5.73 Å². The number of hydrogen-bond donors (Lipinski definition) is 1. The molecular weight excluding hydrogens is 221 g/mol. The molecule has 0 aromatic heterocycles. The number of ether oxygens (including phenoxy) is 1. The summed E-state index contributed by atoms with van der Waals surface area (Å²) in [6, 6.07) is 1.91. The number of halogens is 5. The van der Waals surface area contributed by atoms with Gasteiger partial charge in [0, 0.05) is 0 Å². The first-order valence-electron chi connectivity index (χ1n) is 3.72. The highest BCUT2D eigenvalue weighted by molar-refractivity contribution is 5.54. The lowest BCUT2D eigenvalue weighted by atomic mass is 10.2. The van der Waals surface area contributed by atoms with Crippen LogP contribution in [0.25, 0.3) is 0 Å². The van der Waals surface area contributed by atoms with Crippen LogP contribution in [0.5, 0.6) is 5.75 Å². The van der Waals surface area contributed by atoms with Crippen molar-refractivity contribution in [3.63, 3.8) is 0 Å². The molecule has 0 bridgehead atoms. The van der Waals surface area contributed by atoms with E-state index in [2.05, 4.69) is 4.74 Å². The van der Waals surface area contributed by atoms with Crippen molar-refractivity contribution in [2.45, 2.75) is 12.8 Å². The summed E-state index contributed by atoms with van der Waals surface area (Å²) < 4.78 is 63.7. The summed E-state index contributed by atoms with van der Waals surface area (Å²) in [4.78, 5) is 0. The minimum Gasteiger partial charge on any atom is -0.433 e. The molecule has 0 spiro atoms. The fourth-order valence-electron chi connectivity index (χ4n) is 0.928. The van der Waals surface area contributed by atoms with E-state index in [0.29, 0.717) is 12.1 Å². The van der Waals surface area contributed by atoms with Crippen LogP contribution in [0.4, 0.5) is 27.6 Å². The number of rotatable bonds is 2. The van der Waals surface area contributed by atoms with Crippen LogP contribution < -0.4 is 10.5 Å². The molecule has 0 radical (unpaired) electrons. The van der Waals surface area contributed by atoms with E-state index < -0.39 is 29.8 Å². The molecule has 2 N–H and O–H groups in total. The maximum atomic E-state index is 12.1. The van der Waals surface area contributed by atoms with Crippen molar-refractivity contribution in [3.05, 3.63) is 23.8 Å². The second kappa shape index (κ2) is 3.92. The lowest BCUT2D eigenvalue weighted by Crippen LogP contribution is -2.08. The lowest BCUT2D eigenvalue weighted by Gasteiger charge is -2.11. The quantitative estimate of drug-likeness (QED) is 0.622. The molecule has 0 aliphatic rings. The summed E-state index contributed by atoms with van der Waals surface area (Å²) in [5.74, 6) is -0.474. The van der Waals surface area contributed by atoms with Crippen molar-refractivity contribution in [3.8, 4) is 5.75 Å². The van der Waals surface area contributed by atoms with Crippen molar-refractivity contribution >= 4 is 5.69 Å². The van der Waals surface area contributed by atoms with Gasteiger partial charge in [0.05, 0.1) is 11.3 Å². The molecule has 0 saturated carbocycles. The number of benzene rings is 1. The zero-order chi connectivity index (χ0) is 11.6. The monoisotopic (exact) mass is 227 g/mol. The lowest BCUT2D eigenvalue weighted by molar-refractivity contribution is -0.137. The third-order valence-corrected chi connectivity index (χ3v) is 1.55. The van der Waals surface area contributed by atoms with Crippen molar-refractivity contribution in [2.24, 2.45) is 0 Å². The van der Waals surface area contributed by atoms with E-state index in [1.807, 2.05) is 0 Å². The average Bonchev–Trinajstić information content (AvgIpc) is 2.05. The van der Waals surface area contributed by atoms with Crippen molar-refractivity contribution in [1.82, 2.24) is 0 Å². The number of anilines is 1. The van der Waals surface area contributed by atoms with Gasteiger partial charge in [0.15, 0.2) is 0 Å². The molecule has 0 amide bonds. The SMILES string of the molecule is Nc1cc(C(F)(F)F)ccc1OC(F)F. The fourth-order valence-corrected chi connectivity index (χ4v) is 0.928. The molecule has 0 fully saturated rings. The number of nitrogens with two attached hydrogens (primary N) is 1. The molecule has 1 aromatic carbocycles. The van der Waals surface area contributed by atoms with Crippen LogP contribution in [0, 0.1) is 0 Å². The second-order valence-electron chi connectivity index (χ2n) is 2.63. The normalized spacial score (nSPS) is 11.9. The van der Waals surface area contributed by atoms with E-state index in [-0.39, 0.29) is 0 Å². The van der Waals surface area contributed by atoms with Crippen LogP contribution in [0.15, 0.2) is 18.2 Å². The van der Waals surface area contributed by atoms with Gasteiger partial charge in [-0.1, -0.05) is 0 Å². The summed E-state index contributed by atoms with van der Waals surface area (Å²) in [5.41, 5.74) is 3.61. The first-order valence-corrected chi connectivity index (χ1v) is 3.72. The van der Waals surface area contributed by atoms with E-state index in [0.717, 1.165) is 6.07 Å². The molecule has 2 nitrogen and oxygen atoms in total. The van der Waals surface area contributed by atoms with Gasteiger partial charge in [-0.2, -0.15) is 22.0 Å². The van der Waals surface area contributed by atoms with E-state index in [9.17, 15) is 22.0 Å². The molecule has 1 rings (SSSR count). The predicted octanol–water partition coefficient (Wildman–Crippen LogP) is 2.89. The van der Waals surface area contributed by atoms with Gasteiger partial charge in [-0.05, 0) is 18.2 Å². The minimum atomic E-state index is -4.56. The summed E-state index contributed by atoms with van der Waals surface area (Å²) in [6.45, 7) is -3.12. The summed E-state index contributed by atoms with van der Waals surface area (Å²) in [7, 11) is 0. The van der Waals surface area contributed by atoms with Gasteiger partial charge in [-0.15, -0.1) is 0 Å². The van der Waals surface area contributed by atoms with Gasteiger partial charge >= 0.3 is 12.8 Å². The molecule has 15 heavy (non-hydrogen) atoms. The van der Waals surface area contributed by atoms with Gasteiger partial charge in [0.25, 0.3) is 0 Å². The first-order chi connectivity index (χ1) is 6.80. The van der Waals surface area contributed by atoms with Crippen LogP contribution in [0.1, 0.15) is 5.56 Å². The Morgan fingerprint density at radius 3 is 2.20 bits per heavy atom. The van der Waals surface area contributed by atoms with Gasteiger partial charge in [-0.3, -0.25) is 0 Å². The van der Waals surface area contributed by atoms with Crippen molar-refractivity contribution in [1.29, 1.82) is 0 Å². The molecule has 1 aromatic rings. The van der Waals surface area contributed by atoms with Crippen LogP contribution in [0.3, 0.4) is 0 Å². The topological polar surface area (TPSA) is 35.2 Å². The maximum absolute atomic E-state index is 12.1. The number of alkyl halides is 5. The van der Waals surface area contributed by atoms with Gasteiger partial charge in [0.1, 0.15) is 5.75 Å².